The summed E-state index contributed by atoms with van der Waals surface area (Å²) in [5.41, 5.74) is -0.112. The molecule has 1 aliphatic rings. The van der Waals surface area contributed by atoms with Crippen molar-refractivity contribution in [3.05, 3.63) is 24.0 Å². The smallest absolute Gasteiger partial charge is 0.399 e. The number of hydrogen-bond donors (Lipinski definition) is 1. The Hall–Kier alpha value is -1.40. The van der Waals surface area contributed by atoms with E-state index in [0.717, 1.165) is 0 Å². The Morgan fingerprint density at radius 3 is 2.25 bits per heavy atom. The van der Waals surface area contributed by atoms with Crippen molar-refractivity contribution in [2.75, 3.05) is 5.32 Å². The van der Waals surface area contributed by atoms with Crippen molar-refractivity contribution in [3.8, 4) is 0 Å². The highest BCUT2D eigenvalue weighted by Crippen LogP contribution is 2.36. The quantitative estimate of drug-likeness (QED) is 0.843. The Labute approximate surface area is 118 Å². The molecule has 108 valence electrons. The molecule has 1 N–H and O–H groups in total. The maximum absolute atomic E-state index is 13.6. The molecule has 0 saturated carbocycles. The van der Waals surface area contributed by atoms with E-state index in [1.807, 2.05) is 27.7 Å². The van der Waals surface area contributed by atoms with E-state index in [1.165, 1.54) is 13.0 Å². The third-order valence-corrected chi connectivity index (χ3v) is 3.83. The minimum Gasteiger partial charge on any atom is -0.399 e. The lowest BCUT2D eigenvalue weighted by Crippen LogP contribution is -2.41. The van der Waals surface area contributed by atoms with E-state index in [9.17, 15) is 9.18 Å². The number of anilines is 1. The van der Waals surface area contributed by atoms with E-state index < -0.39 is 24.1 Å². The van der Waals surface area contributed by atoms with Gasteiger partial charge in [0.1, 0.15) is 5.82 Å². The molecule has 1 aromatic rings. The summed E-state index contributed by atoms with van der Waals surface area (Å²) in [6.45, 7) is 9.13. The number of carbonyl (C=O) groups excluding carboxylic acids is 1. The lowest BCUT2D eigenvalue weighted by atomic mass is 9.79. The van der Waals surface area contributed by atoms with Gasteiger partial charge in [0.25, 0.3) is 0 Å². The molecule has 0 aliphatic carbocycles. The fraction of sp³-hybridized carbons (Fsp3) is 0.500. The molecule has 1 fully saturated rings. The van der Waals surface area contributed by atoms with Gasteiger partial charge in [-0.15, -0.1) is 0 Å². The zero-order chi connectivity index (χ0) is 15.1. The highest BCUT2D eigenvalue weighted by atomic mass is 19.1. The topological polar surface area (TPSA) is 47.6 Å². The molecular formula is C14H19BFNO3. The van der Waals surface area contributed by atoms with Gasteiger partial charge in [-0.05, 0) is 45.3 Å². The summed E-state index contributed by atoms with van der Waals surface area (Å²) in [6, 6.07) is 4.44. The number of amides is 1. The van der Waals surface area contributed by atoms with Crippen LogP contribution in [0.5, 0.6) is 0 Å². The van der Waals surface area contributed by atoms with Crippen LogP contribution in [-0.2, 0) is 14.1 Å². The van der Waals surface area contributed by atoms with Gasteiger partial charge in [0.05, 0.1) is 16.9 Å². The number of nitrogens with one attached hydrogen (secondary N) is 1. The molecule has 1 saturated heterocycles. The normalized spacial score (nSPS) is 20.0. The highest BCUT2D eigenvalue weighted by molar-refractivity contribution is 6.62. The van der Waals surface area contributed by atoms with E-state index >= 15 is 0 Å². The second-order valence-electron chi connectivity index (χ2n) is 6.01. The van der Waals surface area contributed by atoms with Gasteiger partial charge in [-0.2, -0.15) is 0 Å². The van der Waals surface area contributed by atoms with Crippen LogP contribution < -0.4 is 10.8 Å². The van der Waals surface area contributed by atoms with Crippen molar-refractivity contribution in [2.45, 2.75) is 45.8 Å². The molecule has 1 aromatic carbocycles. The summed E-state index contributed by atoms with van der Waals surface area (Å²) < 4.78 is 25.4. The van der Waals surface area contributed by atoms with Gasteiger partial charge in [0.15, 0.2) is 0 Å². The molecule has 1 heterocycles. The molecule has 2 rings (SSSR count). The number of hydrogen-bond acceptors (Lipinski definition) is 3. The van der Waals surface area contributed by atoms with Crippen LogP contribution in [0, 0.1) is 5.82 Å². The Morgan fingerprint density at radius 1 is 1.20 bits per heavy atom. The van der Waals surface area contributed by atoms with Gasteiger partial charge >= 0.3 is 7.12 Å². The first-order valence-corrected chi connectivity index (χ1v) is 6.55. The van der Waals surface area contributed by atoms with Gasteiger partial charge < -0.3 is 14.6 Å². The predicted molar refractivity (Wildman–Crippen MR) is 76.4 cm³/mol. The van der Waals surface area contributed by atoms with Crippen LogP contribution in [0.25, 0.3) is 0 Å². The monoisotopic (exact) mass is 279 g/mol. The molecule has 0 aromatic heterocycles. The van der Waals surface area contributed by atoms with Gasteiger partial charge in [0.2, 0.25) is 5.91 Å². The minimum absolute atomic E-state index is 0.129. The number of carbonyl (C=O) groups is 1. The number of halogens is 1. The number of rotatable bonds is 2. The summed E-state index contributed by atoms with van der Waals surface area (Å²) in [6.07, 6.45) is 0. The standard InChI is InChI=1S/C14H19BFNO3/c1-9(18)17-12-8-10(6-7-11(12)16)15-19-13(2,3)14(4,5)20-15/h6-8H,1-5H3,(H,17,18). The highest BCUT2D eigenvalue weighted by Gasteiger charge is 2.51. The van der Waals surface area contributed by atoms with Crippen LogP contribution >= 0.6 is 0 Å². The molecule has 1 amide bonds. The van der Waals surface area contributed by atoms with Crippen molar-refractivity contribution >= 4 is 24.2 Å². The first-order valence-electron chi connectivity index (χ1n) is 6.55. The van der Waals surface area contributed by atoms with Crippen LogP contribution in [0.1, 0.15) is 34.6 Å². The predicted octanol–water partition coefficient (Wildman–Crippen LogP) is 2.08. The fourth-order valence-electron chi connectivity index (χ4n) is 1.95. The maximum Gasteiger partial charge on any atom is 0.494 e. The second-order valence-corrected chi connectivity index (χ2v) is 6.01. The Balaban J connectivity index is 2.29. The van der Waals surface area contributed by atoms with E-state index in [2.05, 4.69) is 5.32 Å². The third-order valence-electron chi connectivity index (χ3n) is 3.83. The van der Waals surface area contributed by atoms with Gasteiger partial charge in [-0.1, -0.05) is 6.07 Å². The molecule has 0 radical (unpaired) electrons. The molecule has 0 unspecified atom stereocenters. The van der Waals surface area contributed by atoms with Crippen molar-refractivity contribution in [3.63, 3.8) is 0 Å². The Bertz CT molecular complexity index is 529. The summed E-state index contributed by atoms with van der Waals surface area (Å²) in [4.78, 5) is 11.1. The van der Waals surface area contributed by atoms with Crippen molar-refractivity contribution in [1.29, 1.82) is 0 Å². The largest absolute Gasteiger partial charge is 0.494 e. The zero-order valence-corrected chi connectivity index (χ0v) is 12.4. The summed E-state index contributed by atoms with van der Waals surface area (Å²) in [5.74, 6) is -0.810. The van der Waals surface area contributed by atoms with E-state index in [4.69, 9.17) is 9.31 Å². The molecule has 20 heavy (non-hydrogen) atoms. The van der Waals surface area contributed by atoms with Crippen LogP contribution in [-0.4, -0.2) is 24.2 Å². The van der Waals surface area contributed by atoms with Crippen molar-refractivity contribution in [2.24, 2.45) is 0 Å². The molecule has 0 bridgehead atoms. The number of benzene rings is 1. The van der Waals surface area contributed by atoms with Crippen LogP contribution in [0.3, 0.4) is 0 Å². The first kappa shape index (κ1) is 15.0. The average Bonchev–Trinajstić information content (AvgIpc) is 2.50. The third kappa shape index (κ3) is 2.71. The summed E-state index contributed by atoms with van der Waals surface area (Å²) >= 11 is 0. The lowest BCUT2D eigenvalue weighted by molar-refractivity contribution is -0.114. The van der Waals surface area contributed by atoms with Gasteiger partial charge in [0, 0.05) is 6.92 Å². The zero-order valence-electron chi connectivity index (χ0n) is 12.4. The van der Waals surface area contributed by atoms with Crippen molar-refractivity contribution in [1.82, 2.24) is 0 Å². The van der Waals surface area contributed by atoms with Gasteiger partial charge in [-0.25, -0.2) is 4.39 Å². The molecule has 0 atom stereocenters. The fourth-order valence-corrected chi connectivity index (χ4v) is 1.95. The summed E-state index contributed by atoms with van der Waals surface area (Å²) in [7, 11) is -0.576. The van der Waals surface area contributed by atoms with Crippen LogP contribution in [0.15, 0.2) is 18.2 Å². The van der Waals surface area contributed by atoms with E-state index in [-0.39, 0.29) is 11.6 Å². The van der Waals surface area contributed by atoms with E-state index in [0.29, 0.717) is 5.46 Å². The Morgan fingerprint density at radius 2 is 1.75 bits per heavy atom. The lowest BCUT2D eigenvalue weighted by Gasteiger charge is -2.32. The SMILES string of the molecule is CC(=O)Nc1cc(B2OC(C)(C)C(C)(C)O2)ccc1F. The van der Waals surface area contributed by atoms with Crippen LogP contribution in [0.4, 0.5) is 10.1 Å². The van der Waals surface area contributed by atoms with E-state index in [1.54, 1.807) is 12.1 Å². The van der Waals surface area contributed by atoms with Crippen LogP contribution in [0.2, 0.25) is 0 Å². The second kappa shape index (κ2) is 4.86. The molecule has 6 heteroatoms. The molecule has 0 spiro atoms. The molecule has 1 aliphatic heterocycles. The van der Waals surface area contributed by atoms with Crippen molar-refractivity contribution < 1.29 is 18.5 Å². The first-order chi connectivity index (χ1) is 9.12. The van der Waals surface area contributed by atoms with Gasteiger partial charge in [-0.3, -0.25) is 4.79 Å². The maximum atomic E-state index is 13.6. The average molecular weight is 279 g/mol. The summed E-state index contributed by atoms with van der Waals surface area (Å²) in [5, 5.41) is 2.45. The minimum atomic E-state index is -0.576. The molecular weight excluding hydrogens is 260 g/mol. The Kier molecular flexibility index (Phi) is 3.65. The molecule has 4 nitrogen and oxygen atoms in total.